The molecule has 0 unspecified atom stereocenters. The Labute approximate surface area is 86.2 Å². The van der Waals surface area contributed by atoms with Gasteiger partial charge in [-0.15, -0.1) is 0 Å². The molecule has 1 heterocycles. The third kappa shape index (κ3) is 2.23. The number of rotatable bonds is 3. The third-order valence-corrected chi connectivity index (χ3v) is 1.81. The van der Waals surface area contributed by atoms with E-state index in [9.17, 15) is 10.1 Å². The number of nitro groups is 1. The highest BCUT2D eigenvalue weighted by molar-refractivity contribution is 7.80. The molecule has 0 saturated heterocycles. The Morgan fingerprint density at radius 2 is 2.36 bits per heavy atom. The van der Waals surface area contributed by atoms with Crippen LogP contribution in [0.2, 0.25) is 0 Å². The van der Waals surface area contributed by atoms with Gasteiger partial charge in [-0.1, -0.05) is 12.2 Å². The van der Waals surface area contributed by atoms with Crippen molar-refractivity contribution in [3.63, 3.8) is 0 Å². The van der Waals surface area contributed by atoms with Crippen molar-refractivity contribution in [2.75, 3.05) is 11.5 Å². The third-order valence-electron chi connectivity index (χ3n) is 1.60. The van der Waals surface area contributed by atoms with Crippen LogP contribution in [0.25, 0.3) is 6.08 Å². The quantitative estimate of drug-likeness (QED) is 0.451. The van der Waals surface area contributed by atoms with E-state index in [1.165, 1.54) is 6.20 Å². The fourth-order valence-corrected chi connectivity index (χ4v) is 1.04. The maximum absolute atomic E-state index is 10.5. The topological polar surface area (TPSA) is 82.0 Å². The molecule has 0 aliphatic heterocycles. The number of hydrogen-bond acceptors (Lipinski definition) is 5. The summed E-state index contributed by atoms with van der Waals surface area (Å²) >= 11 is 3.97. The van der Waals surface area contributed by atoms with Crippen molar-refractivity contribution >= 4 is 30.1 Å². The van der Waals surface area contributed by atoms with Gasteiger partial charge in [0.1, 0.15) is 11.9 Å². The van der Waals surface area contributed by atoms with Gasteiger partial charge < -0.3 is 5.73 Å². The molecule has 0 aliphatic carbocycles. The predicted molar refractivity (Wildman–Crippen MR) is 58.2 cm³/mol. The number of hydrogen-bond donors (Lipinski definition) is 2. The van der Waals surface area contributed by atoms with Crippen LogP contribution in [0.1, 0.15) is 5.56 Å². The first kappa shape index (κ1) is 10.5. The number of nitrogen functional groups attached to an aromatic ring is 1. The van der Waals surface area contributed by atoms with Gasteiger partial charge in [0, 0.05) is 17.5 Å². The van der Waals surface area contributed by atoms with E-state index in [1.54, 1.807) is 12.2 Å². The van der Waals surface area contributed by atoms with Crippen molar-refractivity contribution in [3.05, 3.63) is 34.1 Å². The summed E-state index contributed by atoms with van der Waals surface area (Å²) < 4.78 is 0. The average Bonchev–Trinajstić information content (AvgIpc) is 2.16. The molecule has 0 amide bonds. The molecule has 6 heteroatoms. The minimum absolute atomic E-state index is 0.128. The van der Waals surface area contributed by atoms with E-state index in [-0.39, 0.29) is 11.4 Å². The van der Waals surface area contributed by atoms with Crippen molar-refractivity contribution in [1.82, 2.24) is 4.98 Å². The second-order valence-electron chi connectivity index (χ2n) is 2.50. The van der Waals surface area contributed by atoms with Crippen molar-refractivity contribution in [2.24, 2.45) is 0 Å². The summed E-state index contributed by atoms with van der Waals surface area (Å²) in [6, 6.07) is 0. The molecular formula is C8H9N3O2S. The second kappa shape index (κ2) is 4.61. The van der Waals surface area contributed by atoms with Crippen LogP contribution in [0.5, 0.6) is 0 Å². The summed E-state index contributed by atoms with van der Waals surface area (Å²) in [6.07, 6.45) is 6.00. The smallest absolute Gasteiger partial charge is 0.310 e. The number of nitrogens with two attached hydrogens (primary N) is 1. The Hall–Kier alpha value is -1.56. The van der Waals surface area contributed by atoms with Crippen LogP contribution in [-0.4, -0.2) is 15.7 Å². The zero-order valence-corrected chi connectivity index (χ0v) is 8.15. The van der Waals surface area contributed by atoms with E-state index in [0.29, 0.717) is 11.3 Å². The van der Waals surface area contributed by atoms with Gasteiger partial charge in [-0.05, 0) is 0 Å². The minimum atomic E-state index is -0.555. The Morgan fingerprint density at radius 3 is 2.93 bits per heavy atom. The first-order chi connectivity index (χ1) is 6.66. The van der Waals surface area contributed by atoms with Crippen molar-refractivity contribution in [1.29, 1.82) is 0 Å². The van der Waals surface area contributed by atoms with Gasteiger partial charge in [0.15, 0.2) is 0 Å². The lowest BCUT2D eigenvalue weighted by atomic mass is 10.2. The van der Waals surface area contributed by atoms with Gasteiger partial charge >= 0.3 is 5.69 Å². The fourth-order valence-electron chi connectivity index (χ4n) is 0.933. The summed E-state index contributed by atoms with van der Waals surface area (Å²) in [7, 11) is 0. The Kier molecular flexibility index (Phi) is 3.47. The lowest BCUT2D eigenvalue weighted by Gasteiger charge is -1.99. The van der Waals surface area contributed by atoms with E-state index < -0.39 is 4.92 Å². The lowest BCUT2D eigenvalue weighted by Crippen LogP contribution is -1.98. The summed E-state index contributed by atoms with van der Waals surface area (Å²) in [6.45, 7) is 0. The summed E-state index contributed by atoms with van der Waals surface area (Å²) in [5.74, 6) is 0.544. The van der Waals surface area contributed by atoms with E-state index in [4.69, 9.17) is 5.73 Å². The molecule has 1 aromatic rings. The molecule has 0 fully saturated rings. The first-order valence-corrected chi connectivity index (χ1v) is 4.45. The largest absolute Gasteiger partial charge is 0.393 e. The maximum atomic E-state index is 10.5. The molecule has 0 atom stereocenters. The van der Waals surface area contributed by atoms with Gasteiger partial charge in [-0.3, -0.25) is 15.1 Å². The van der Waals surface area contributed by atoms with Gasteiger partial charge in [0.05, 0.1) is 4.92 Å². The second-order valence-corrected chi connectivity index (χ2v) is 2.87. The van der Waals surface area contributed by atoms with Crippen LogP contribution in [-0.2, 0) is 0 Å². The van der Waals surface area contributed by atoms with Crippen LogP contribution in [0.3, 0.4) is 0 Å². The van der Waals surface area contributed by atoms with Crippen LogP contribution < -0.4 is 5.73 Å². The summed E-state index contributed by atoms with van der Waals surface area (Å²) in [5.41, 5.74) is 6.06. The van der Waals surface area contributed by atoms with Gasteiger partial charge in [0.25, 0.3) is 0 Å². The Morgan fingerprint density at radius 1 is 1.64 bits per heavy atom. The zero-order valence-electron chi connectivity index (χ0n) is 7.25. The molecule has 0 aromatic carbocycles. The SMILES string of the molecule is Nc1c(C=CCS)cncc1[N+](=O)[O-]. The molecular weight excluding hydrogens is 202 g/mol. The monoisotopic (exact) mass is 211 g/mol. The molecule has 0 saturated carbocycles. The fraction of sp³-hybridized carbons (Fsp3) is 0.125. The number of nitrogens with zero attached hydrogens (tertiary/aromatic N) is 2. The van der Waals surface area contributed by atoms with Crippen molar-refractivity contribution in [3.8, 4) is 0 Å². The molecule has 5 nitrogen and oxygen atoms in total. The van der Waals surface area contributed by atoms with E-state index in [0.717, 1.165) is 6.20 Å². The molecule has 74 valence electrons. The molecule has 1 rings (SSSR count). The highest BCUT2D eigenvalue weighted by Gasteiger charge is 2.13. The zero-order chi connectivity index (χ0) is 10.6. The molecule has 14 heavy (non-hydrogen) atoms. The number of pyridine rings is 1. The number of thiol groups is 1. The highest BCUT2D eigenvalue weighted by atomic mass is 32.1. The van der Waals surface area contributed by atoms with Gasteiger partial charge in [-0.25, -0.2) is 0 Å². The molecule has 0 spiro atoms. The maximum Gasteiger partial charge on any atom is 0.310 e. The first-order valence-electron chi connectivity index (χ1n) is 3.82. The van der Waals surface area contributed by atoms with Gasteiger partial charge in [-0.2, -0.15) is 12.6 Å². The van der Waals surface area contributed by atoms with Crippen LogP contribution in [0.15, 0.2) is 18.5 Å². The predicted octanol–water partition coefficient (Wildman–Crippen LogP) is 1.51. The number of anilines is 1. The van der Waals surface area contributed by atoms with Crippen LogP contribution in [0.4, 0.5) is 11.4 Å². The molecule has 2 N–H and O–H groups in total. The minimum Gasteiger partial charge on any atom is -0.393 e. The highest BCUT2D eigenvalue weighted by Crippen LogP contribution is 2.24. The van der Waals surface area contributed by atoms with Gasteiger partial charge in [0.2, 0.25) is 0 Å². The molecule has 0 radical (unpaired) electrons. The van der Waals surface area contributed by atoms with E-state index in [2.05, 4.69) is 17.6 Å². The van der Waals surface area contributed by atoms with Crippen LogP contribution >= 0.6 is 12.6 Å². The van der Waals surface area contributed by atoms with Crippen molar-refractivity contribution < 1.29 is 4.92 Å². The Balaban J connectivity index is 3.14. The molecule has 0 bridgehead atoms. The lowest BCUT2D eigenvalue weighted by molar-refractivity contribution is -0.384. The average molecular weight is 211 g/mol. The van der Waals surface area contributed by atoms with Crippen LogP contribution in [0, 0.1) is 10.1 Å². The van der Waals surface area contributed by atoms with E-state index >= 15 is 0 Å². The Bertz CT molecular complexity index is 379. The number of aromatic nitrogens is 1. The summed E-state index contributed by atoms with van der Waals surface area (Å²) in [4.78, 5) is 13.7. The molecule has 0 aliphatic rings. The normalized spacial score (nSPS) is 10.6. The van der Waals surface area contributed by atoms with Crippen molar-refractivity contribution in [2.45, 2.75) is 0 Å². The summed E-state index contributed by atoms with van der Waals surface area (Å²) in [5, 5.41) is 10.5. The standard InChI is InChI=1S/C8H9N3O2S/c9-8-6(2-1-3-14)4-10-5-7(8)11(12)13/h1-2,4-5,14H,3H2,(H2,9,10). The van der Waals surface area contributed by atoms with E-state index in [1.807, 2.05) is 0 Å². The molecule has 1 aromatic heterocycles.